The van der Waals surface area contributed by atoms with Crippen molar-refractivity contribution in [2.24, 2.45) is 0 Å². The molecule has 0 fully saturated rings. The highest BCUT2D eigenvalue weighted by atomic mass is 79.9. The predicted molar refractivity (Wildman–Crippen MR) is 60.9 cm³/mol. The van der Waals surface area contributed by atoms with Crippen molar-refractivity contribution >= 4 is 21.6 Å². The van der Waals surface area contributed by atoms with Crippen LogP contribution in [0.5, 0.6) is 5.75 Å². The average Bonchev–Trinajstić information content (AvgIpc) is 2.16. The summed E-state index contributed by atoms with van der Waals surface area (Å²) in [5.74, 6) is 0.784. The number of nitrogens with one attached hydrogen (secondary N) is 1. The number of aliphatic hydroxyl groups is 1. The Bertz CT molecular complexity index is 304. The van der Waals surface area contributed by atoms with E-state index in [9.17, 15) is 0 Å². The molecule has 0 saturated heterocycles. The van der Waals surface area contributed by atoms with E-state index >= 15 is 0 Å². The smallest absolute Gasteiger partial charge is 0.122 e. The van der Waals surface area contributed by atoms with Crippen LogP contribution in [0.1, 0.15) is 6.92 Å². The first-order valence-corrected chi connectivity index (χ1v) is 5.17. The van der Waals surface area contributed by atoms with Crippen LogP contribution < -0.4 is 10.1 Å². The van der Waals surface area contributed by atoms with Gasteiger partial charge in [-0.05, 0) is 19.1 Å². The molecule has 0 aliphatic carbocycles. The van der Waals surface area contributed by atoms with Gasteiger partial charge in [-0.2, -0.15) is 0 Å². The van der Waals surface area contributed by atoms with Gasteiger partial charge in [-0.3, -0.25) is 0 Å². The second-order valence-corrected chi connectivity index (χ2v) is 4.02. The van der Waals surface area contributed by atoms with Crippen molar-refractivity contribution in [3.63, 3.8) is 0 Å². The zero-order chi connectivity index (χ0) is 10.6. The van der Waals surface area contributed by atoms with Gasteiger partial charge in [0.15, 0.2) is 0 Å². The summed E-state index contributed by atoms with van der Waals surface area (Å²) < 4.78 is 6.07. The van der Waals surface area contributed by atoms with Gasteiger partial charge in [0, 0.05) is 22.3 Å². The van der Waals surface area contributed by atoms with Gasteiger partial charge in [0.2, 0.25) is 0 Å². The maximum Gasteiger partial charge on any atom is 0.122 e. The molecule has 0 aliphatic heterocycles. The predicted octanol–water partition coefficient (Wildman–Crippen LogP) is 2.25. The zero-order valence-corrected chi connectivity index (χ0v) is 9.84. The van der Waals surface area contributed by atoms with Crippen LogP contribution in [-0.2, 0) is 0 Å². The van der Waals surface area contributed by atoms with Crippen molar-refractivity contribution in [2.75, 3.05) is 19.0 Å². The first-order chi connectivity index (χ1) is 6.65. The average molecular weight is 260 g/mol. The fourth-order valence-corrected chi connectivity index (χ4v) is 1.57. The molecule has 1 atom stereocenters. The molecule has 4 heteroatoms. The van der Waals surface area contributed by atoms with E-state index < -0.39 is 0 Å². The van der Waals surface area contributed by atoms with Gasteiger partial charge < -0.3 is 15.2 Å². The molecule has 0 spiro atoms. The molecule has 1 aromatic rings. The Balaban J connectivity index is 2.81. The summed E-state index contributed by atoms with van der Waals surface area (Å²) in [7, 11) is 1.63. The van der Waals surface area contributed by atoms with E-state index in [1.165, 1.54) is 0 Å². The summed E-state index contributed by atoms with van der Waals surface area (Å²) in [4.78, 5) is 0. The second-order valence-electron chi connectivity index (χ2n) is 3.11. The minimum absolute atomic E-state index is 0.0361. The fraction of sp³-hybridized carbons (Fsp3) is 0.400. The molecule has 2 N–H and O–H groups in total. The van der Waals surface area contributed by atoms with Gasteiger partial charge in [-0.15, -0.1) is 0 Å². The van der Waals surface area contributed by atoms with Gasteiger partial charge in [0.1, 0.15) is 5.75 Å². The Hall–Kier alpha value is -0.740. The van der Waals surface area contributed by atoms with E-state index in [1.807, 2.05) is 25.1 Å². The number of ether oxygens (including phenoxy) is 1. The third-order valence-corrected chi connectivity index (χ3v) is 2.25. The SMILES string of the molecule is COc1cc(Br)cc(NC(C)CO)c1. The zero-order valence-electron chi connectivity index (χ0n) is 8.25. The number of rotatable bonds is 4. The van der Waals surface area contributed by atoms with Gasteiger partial charge >= 0.3 is 0 Å². The lowest BCUT2D eigenvalue weighted by Gasteiger charge is -2.13. The van der Waals surface area contributed by atoms with E-state index in [0.717, 1.165) is 15.9 Å². The Kier molecular flexibility index (Phi) is 4.22. The molecule has 1 rings (SSSR count). The molecule has 1 unspecified atom stereocenters. The molecular weight excluding hydrogens is 246 g/mol. The highest BCUT2D eigenvalue weighted by Crippen LogP contribution is 2.24. The first kappa shape index (κ1) is 11.3. The standard InChI is InChI=1S/C10H14BrNO2/c1-7(6-13)12-9-3-8(11)4-10(5-9)14-2/h3-5,7,12-13H,6H2,1-2H3. The van der Waals surface area contributed by atoms with Crippen LogP contribution >= 0.6 is 15.9 Å². The molecule has 0 amide bonds. The monoisotopic (exact) mass is 259 g/mol. The van der Waals surface area contributed by atoms with E-state index in [2.05, 4.69) is 21.2 Å². The van der Waals surface area contributed by atoms with E-state index in [1.54, 1.807) is 7.11 Å². The van der Waals surface area contributed by atoms with Crippen molar-refractivity contribution in [1.82, 2.24) is 0 Å². The fourth-order valence-electron chi connectivity index (χ4n) is 1.09. The van der Waals surface area contributed by atoms with E-state index in [0.29, 0.717) is 0 Å². The normalized spacial score (nSPS) is 12.3. The van der Waals surface area contributed by atoms with Crippen LogP contribution in [-0.4, -0.2) is 24.9 Å². The Morgan fingerprint density at radius 2 is 2.21 bits per heavy atom. The number of hydrogen-bond donors (Lipinski definition) is 2. The number of anilines is 1. The minimum atomic E-state index is 0.0361. The maximum atomic E-state index is 8.89. The summed E-state index contributed by atoms with van der Waals surface area (Å²) in [5, 5.41) is 12.0. The Morgan fingerprint density at radius 1 is 1.50 bits per heavy atom. The molecule has 0 radical (unpaired) electrons. The third kappa shape index (κ3) is 3.20. The summed E-state index contributed by atoms with van der Waals surface area (Å²) in [6.45, 7) is 2.02. The van der Waals surface area contributed by atoms with Crippen LogP contribution in [0.4, 0.5) is 5.69 Å². The highest BCUT2D eigenvalue weighted by Gasteiger charge is 2.02. The summed E-state index contributed by atoms with van der Waals surface area (Å²) in [5.41, 5.74) is 0.928. The topological polar surface area (TPSA) is 41.5 Å². The molecule has 14 heavy (non-hydrogen) atoms. The number of halogens is 1. The van der Waals surface area contributed by atoms with Gasteiger partial charge in [-0.25, -0.2) is 0 Å². The van der Waals surface area contributed by atoms with Gasteiger partial charge in [-0.1, -0.05) is 15.9 Å². The summed E-state index contributed by atoms with van der Waals surface area (Å²) >= 11 is 3.38. The summed E-state index contributed by atoms with van der Waals surface area (Å²) in [6.07, 6.45) is 0. The number of benzene rings is 1. The van der Waals surface area contributed by atoms with Crippen LogP contribution in [0.25, 0.3) is 0 Å². The molecule has 0 aliphatic rings. The number of methoxy groups -OCH3 is 1. The van der Waals surface area contributed by atoms with Gasteiger partial charge in [0.25, 0.3) is 0 Å². The van der Waals surface area contributed by atoms with Crippen molar-refractivity contribution < 1.29 is 9.84 Å². The second kappa shape index (κ2) is 5.22. The molecule has 3 nitrogen and oxygen atoms in total. The minimum Gasteiger partial charge on any atom is -0.497 e. The van der Waals surface area contributed by atoms with Crippen molar-refractivity contribution in [3.8, 4) is 5.75 Å². The molecule has 0 bridgehead atoms. The largest absolute Gasteiger partial charge is 0.497 e. The lowest BCUT2D eigenvalue weighted by atomic mass is 10.2. The van der Waals surface area contributed by atoms with Crippen molar-refractivity contribution in [1.29, 1.82) is 0 Å². The van der Waals surface area contributed by atoms with Gasteiger partial charge in [0.05, 0.1) is 13.7 Å². The lowest BCUT2D eigenvalue weighted by molar-refractivity contribution is 0.281. The molecular formula is C10H14BrNO2. The van der Waals surface area contributed by atoms with Crippen molar-refractivity contribution in [2.45, 2.75) is 13.0 Å². The molecule has 0 heterocycles. The lowest BCUT2D eigenvalue weighted by Crippen LogP contribution is -2.19. The number of hydrogen-bond acceptors (Lipinski definition) is 3. The Morgan fingerprint density at radius 3 is 2.79 bits per heavy atom. The molecule has 1 aromatic carbocycles. The molecule has 78 valence electrons. The Labute approximate surface area is 92.2 Å². The first-order valence-electron chi connectivity index (χ1n) is 4.37. The van der Waals surface area contributed by atoms with E-state index in [4.69, 9.17) is 9.84 Å². The van der Waals surface area contributed by atoms with Crippen LogP contribution in [0.15, 0.2) is 22.7 Å². The summed E-state index contributed by atoms with van der Waals surface area (Å²) in [6, 6.07) is 5.74. The van der Waals surface area contributed by atoms with Crippen LogP contribution in [0, 0.1) is 0 Å². The maximum absolute atomic E-state index is 8.89. The third-order valence-electron chi connectivity index (χ3n) is 1.79. The molecule has 0 saturated carbocycles. The van der Waals surface area contributed by atoms with Crippen LogP contribution in [0.2, 0.25) is 0 Å². The quantitative estimate of drug-likeness (QED) is 0.872. The van der Waals surface area contributed by atoms with Crippen molar-refractivity contribution in [3.05, 3.63) is 22.7 Å². The van der Waals surface area contributed by atoms with E-state index in [-0.39, 0.29) is 12.6 Å². The highest BCUT2D eigenvalue weighted by molar-refractivity contribution is 9.10. The van der Waals surface area contributed by atoms with Crippen LogP contribution in [0.3, 0.4) is 0 Å². The molecule has 0 aromatic heterocycles. The number of aliphatic hydroxyl groups excluding tert-OH is 1.